The second-order valence-corrected chi connectivity index (χ2v) is 11.6. The van der Waals surface area contributed by atoms with Crippen LogP contribution in [0.25, 0.3) is 6.08 Å². The van der Waals surface area contributed by atoms with Crippen LogP contribution in [0.4, 0.5) is 0 Å². The number of hydrogen-bond acceptors (Lipinski definition) is 7. The van der Waals surface area contributed by atoms with Crippen LogP contribution in [0.1, 0.15) is 16.7 Å². The van der Waals surface area contributed by atoms with Gasteiger partial charge in [0.1, 0.15) is 5.75 Å². The molecule has 0 fully saturated rings. The molecule has 3 aromatic carbocycles. The van der Waals surface area contributed by atoms with Crippen LogP contribution < -0.4 is 13.8 Å². The summed E-state index contributed by atoms with van der Waals surface area (Å²) >= 11 is 10.9. The largest absolute Gasteiger partial charge is 0.540 e. The second-order valence-electron chi connectivity index (χ2n) is 7.24. The minimum atomic E-state index is -1.37. The lowest BCUT2D eigenvalue weighted by molar-refractivity contribution is 0.415. The van der Waals surface area contributed by atoms with Gasteiger partial charge < -0.3 is 4.74 Å². The van der Waals surface area contributed by atoms with Crippen molar-refractivity contribution in [1.29, 1.82) is 0 Å². The SMILES string of the molecule is C=Cc1ccc(O[P+](=S)N(C)/N=C/c2ccc(O[P+](=S)N(C)/N=C/c3ccc(OC)cc3)cc2)cc1. The first-order chi connectivity index (χ1) is 17.4. The molecule has 0 aliphatic rings. The number of benzene rings is 3. The monoisotopic (exact) mass is 556 g/mol. The minimum absolute atomic E-state index is 0.657. The van der Waals surface area contributed by atoms with Crippen LogP contribution >= 0.6 is 14.1 Å². The predicted molar refractivity (Wildman–Crippen MR) is 157 cm³/mol. The van der Waals surface area contributed by atoms with Gasteiger partial charge in [0.15, 0.2) is 11.5 Å². The third-order valence-electron chi connectivity index (χ3n) is 4.70. The van der Waals surface area contributed by atoms with Crippen LogP contribution in [0.3, 0.4) is 0 Å². The Labute approximate surface area is 223 Å². The lowest BCUT2D eigenvalue weighted by Crippen LogP contribution is -2.04. The molecule has 0 saturated carbocycles. The highest BCUT2D eigenvalue weighted by Crippen LogP contribution is 2.32. The molecule has 0 radical (unpaired) electrons. The van der Waals surface area contributed by atoms with Crippen molar-refractivity contribution >= 4 is 56.3 Å². The highest BCUT2D eigenvalue weighted by atomic mass is 32.4. The van der Waals surface area contributed by atoms with Crippen molar-refractivity contribution in [2.75, 3.05) is 21.2 Å². The van der Waals surface area contributed by atoms with Gasteiger partial charge in [-0.3, -0.25) is 9.05 Å². The summed E-state index contributed by atoms with van der Waals surface area (Å²) in [6, 6.07) is 22.7. The summed E-state index contributed by atoms with van der Waals surface area (Å²) in [6.07, 6.45) is 5.23. The van der Waals surface area contributed by atoms with E-state index in [2.05, 4.69) is 16.8 Å². The lowest BCUT2D eigenvalue weighted by Gasteiger charge is -2.04. The Kier molecular flexibility index (Phi) is 10.5. The predicted octanol–water partition coefficient (Wildman–Crippen LogP) is 6.58. The molecule has 0 aromatic heterocycles. The first kappa shape index (κ1) is 27.4. The molecule has 0 saturated heterocycles. The Morgan fingerprint density at radius 1 is 0.667 bits per heavy atom. The Morgan fingerprint density at radius 3 is 1.39 bits per heavy atom. The summed E-state index contributed by atoms with van der Waals surface area (Å²) in [4.78, 5) is 0. The molecule has 0 spiro atoms. The normalized spacial score (nSPS) is 11.8. The van der Waals surface area contributed by atoms with Gasteiger partial charge in [-0.15, -0.1) is 10.2 Å². The van der Waals surface area contributed by atoms with Gasteiger partial charge in [-0.2, -0.15) is 0 Å². The maximum absolute atomic E-state index is 5.88. The van der Waals surface area contributed by atoms with Gasteiger partial charge in [-0.05, 0) is 77.4 Å². The molecule has 2 atom stereocenters. The molecule has 7 nitrogen and oxygen atoms in total. The van der Waals surface area contributed by atoms with Crippen molar-refractivity contribution in [3.63, 3.8) is 0 Å². The van der Waals surface area contributed by atoms with Crippen LogP contribution in [0.5, 0.6) is 17.2 Å². The Bertz CT molecular complexity index is 1250. The lowest BCUT2D eigenvalue weighted by atomic mass is 10.2. The number of nitrogens with zero attached hydrogens (tertiary/aromatic N) is 4. The van der Waals surface area contributed by atoms with E-state index in [1.807, 2.05) is 72.8 Å². The van der Waals surface area contributed by atoms with Crippen LogP contribution in [0.2, 0.25) is 0 Å². The molecule has 0 bridgehead atoms. The van der Waals surface area contributed by atoms with E-state index in [-0.39, 0.29) is 0 Å². The van der Waals surface area contributed by atoms with Crippen molar-refractivity contribution in [3.05, 3.63) is 96.1 Å². The molecular formula is C25H26N4O3P2S2+2. The Hall–Kier alpha value is -3.22. The summed E-state index contributed by atoms with van der Waals surface area (Å²) in [6.45, 7) is 3.74. The molecule has 2 unspecified atom stereocenters. The quantitative estimate of drug-likeness (QED) is 0.142. The summed E-state index contributed by atoms with van der Waals surface area (Å²) < 4.78 is 20.1. The number of methoxy groups -OCH3 is 1. The van der Waals surface area contributed by atoms with Crippen LogP contribution in [-0.2, 0) is 23.6 Å². The molecular weight excluding hydrogens is 530 g/mol. The third-order valence-corrected chi connectivity index (χ3v) is 8.45. The zero-order valence-corrected chi connectivity index (χ0v) is 23.5. The van der Waals surface area contributed by atoms with E-state index >= 15 is 0 Å². The van der Waals surface area contributed by atoms with E-state index in [0.29, 0.717) is 11.5 Å². The number of hydrazone groups is 2. The molecule has 0 heterocycles. The smallest absolute Gasteiger partial charge is 0.497 e. The van der Waals surface area contributed by atoms with E-state index in [1.54, 1.807) is 49.3 Å². The van der Waals surface area contributed by atoms with Crippen molar-refractivity contribution < 1.29 is 13.8 Å². The molecule has 3 rings (SSSR count). The van der Waals surface area contributed by atoms with E-state index in [0.717, 1.165) is 22.4 Å². The molecule has 3 aromatic rings. The van der Waals surface area contributed by atoms with Gasteiger partial charge in [0.25, 0.3) is 0 Å². The van der Waals surface area contributed by atoms with Gasteiger partial charge in [0.2, 0.25) is 23.6 Å². The Balaban J connectivity index is 1.50. The summed E-state index contributed by atoms with van der Waals surface area (Å²) in [5, 5.41) is 8.79. The van der Waals surface area contributed by atoms with E-state index < -0.39 is 14.1 Å². The Morgan fingerprint density at radius 2 is 1.03 bits per heavy atom. The molecule has 0 N–H and O–H groups in total. The van der Waals surface area contributed by atoms with Crippen LogP contribution in [-0.4, -0.2) is 43.2 Å². The zero-order valence-electron chi connectivity index (χ0n) is 20.1. The highest BCUT2D eigenvalue weighted by Gasteiger charge is 2.21. The maximum Gasteiger partial charge on any atom is 0.540 e. The van der Waals surface area contributed by atoms with E-state index in [1.165, 1.54) is 0 Å². The first-order valence-electron chi connectivity index (χ1n) is 10.7. The molecule has 0 aliphatic carbocycles. The molecule has 0 amide bonds. The highest BCUT2D eigenvalue weighted by molar-refractivity contribution is 8.02. The average molecular weight is 557 g/mol. The standard InChI is InChI=1S/C25H26N4O3P2S2/c1-5-20-6-14-24(15-7-20)31-33(35)29(3)27-19-22-10-16-25(17-11-22)32-34(36)28(2)26-18-21-8-12-23(30-4)13-9-21/h5-19H,1H2,2-4H3/q+2/b26-18+,27-19+. The number of hydrogen-bond donors (Lipinski definition) is 0. The van der Waals surface area contributed by atoms with Crippen LogP contribution in [0, 0.1) is 0 Å². The number of rotatable bonds is 12. The van der Waals surface area contributed by atoms with Crippen molar-refractivity contribution in [2.24, 2.45) is 10.2 Å². The second kappa shape index (κ2) is 13.8. The van der Waals surface area contributed by atoms with Gasteiger partial charge in [-0.1, -0.05) is 34.3 Å². The topological polar surface area (TPSA) is 58.9 Å². The third kappa shape index (κ3) is 8.47. The zero-order chi connectivity index (χ0) is 25.9. The van der Waals surface area contributed by atoms with Gasteiger partial charge in [0, 0.05) is 0 Å². The number of ether oxygens (including phenoxy) is 1. The summed E-state index contributed by atoms with van der Waals surface area (Å²) in [7, 11) is 2.50. The fourth-order valence-electron chi connectivity index (χ4n) is 2.65. The van der Waals surface area contributed by atoms with Crippen LogP contribution in [0.15, 0.2) is 89.6 Å². The summed E-state index contributed by atoms with van der Waals surface area (Å²) in [5.74, 6) is 2.15. The van der Waals surface area contributed by atoms with E-state index in [4.69, 9.17) is 37.4 Å². The average Bonchev–Trinajstić information content (AvgIpc) is 2.91. The van der Waals surface area contributed by atoms with Crippen molar-refractivity contribution in [3.8, 4) is 17.2 Å². The van der Waals surface area contributed by atoms with Gasteiger partial charge >= 0.3 is 14.1 Å². The van der Waals surface area contributed by atoms with Crippen molar-refractivity contribution in [1.82, 2.24) is 9.56 Å². The fourth-order valence-corrected chi connectivity index (χ4v) is 4.53. The fraction of sp³-hybridized carbons (Fsp3) is 0.120. The molecule has 184 valence electrons. The maximum atomic E-state index is 5.88. The molecule has 36 heavy (non-hydrogen) atoms. The van der Waals surface area contributed by atoms with Gasteiger partial charge in [0.05, 0.1) is 33.6 Å². The minimum Gasteiger partial charge on any atom is -0.497 e. The first-order valence-corrected chi connectivity index (χ1v) is 15.2. The summed E-state index contributed by atoms with van der Waals surface area (Å²) in [5.41, 5.74) is 2.85. The molecule has 11 heteroatoms. The molecule has 0 aliphatic heterocycles. The van der Waals surface area contributed by atoms with E-state index in [9.17, 15) is 0 Å². The van der Waals surface area contributed by atoms with Crippen molar-refractivity contribution in [2.45, 2.75) is 0 Å². The van der Waals surface area contributed by atoms with Gasteiger partial charge in [-0.25, -0.2) is 0 Å².